The Morgan fingerprint density at radius 3 is 2.50 bits per heavy atom. The molecule has 3 heteroatoms. The lowest BCUT2D eigenvalue weighted by atomic mass is 9.66. The number of likely N-dealkylation sites (tertiary alicyclic amines) is 1. The van der Waals surface area contributed by atoms with Gasteiger partial charge in [-0.25, -0.2) is 0 Å². The number of nitrogens with zero attached hydrogens (tertiary/aromatic N) is 1. The van der Waals surface area contributed by atoms with Gasteiger partial charge in [-0.05, 0) is 37.0 Å². The van der Waals surface area contributed by atoms with Crippen molar-refractivity contribution >= 4 is 5.91 Å². The van der Waals surface area contributed by atoms with Crippen molar-refractivity contribution in [1.82, 2.24) is 4.90 Å². The average molecular weight is 281 g/mol. The van der Waals surface area contributed by atoms with Crippen LogP contribution < -0.4 is 0 Å². The number of amides is 1. The van der Waals surface area contributed by atoms with Crippen LogP contribution >= 0.6 is 0 Å². The van der Waals surface area contributed by atoms with E-state index in [1.807, 2.05) is 0 Å². The van der Waals surface area contributed by atoms with Crippen molar-refractivity contribution < 1.29 is 9.90 Å². The summed E-state index contributed by atoms with van der Waals surface area (Å²) in [5.74, 6) is 0.794. The topological polar surface area (TPSA) is 40.5 Å². The summed E-state index contributed by atoms with van der Waals surface area (Å²) in [5, 5.41) is 10.1. The summed E-state index contributed by atoms with van der Waals surface area (Å²) in [6.45, 7) is 11.8. The highest BCUT2D eigenvalue weighted by Gasteiger charge is 2.48. The molecule has 1 saturated carbocycles. The minimum Gasteiger partial charge on any atom is -0.393 e. The van der Waals surface area contributed by atoms with Crippen LogP contribution in [0, 0.1) is 16.7 Å². The Kier molecular flexibility index (Phi) is 4.21. The van der Waals surface area contributed by atoms with Crippen LogP contribution in [-0.2, 0) is 4.79 Å². The fourth-order valence-corrected chi connectivity index (χ4v) is 3.96. The zero-order chi connectivity index (χ0) is 15.1. The zero-order valence-corrected chi connectivity index (χ0v) is 13.8. The van der Waals surface area contributed by atoms with E-state index >= 15 is 0 Å². The van der Waals surface area contributed by atoms with E-state index in [-0.39, 0.29) is 28.9 Å². The van der Waals surface area contributed by atoms with Gasteiger partial charge in [0.05, 0.1) is 6.10 Å². The predicted molar refractivity (Wildman–Crippen MR) is 81.3 cm³/mol. The smallest absolute Gasteiger partial charge is 0.228 e. The predicted octanol–water partition coefficient (Wildman–Crippen LogP) is 3.21. The molecule has 116 valence electrons. The number of hydrogen-bond acceptors (Lipinski definition) is 2. The molecule has 3 unspecified atom stereocenters. The van der Waals surface area contributed by atoms with Crippen molar-refractivity contribution in [3.05, 3.63) is 0 Å². The number of rotatable bonds is 3. The summed E-state index contributed by atoms with van der Waals surface area (Å²) in [7, 11) is 0. The quantitative estimate of drug-likeness (QED) is 0.863. The van der Waals surface area contributed by atoms with E-state index in [2.05, 4.69) is 39.5 Å². The summed E-state index contributed by atoms with van der Waals surface area (Å²) in [5.41, 5.74) is 0.0150. The van der Waals surface area contributed by atoms with Gasteiger partial charge < -0.3 is 10.0 Å². The molecule has 1 aliphatic carbocycles. The number of aliphatic hydroxyl groups is 1. The van der Waals surface area contributed by atoms with Crippen molar-refractivity contribution in [2.75, 3.05) is 6.54 Å². The van der Waals surface area contributed by atoms with Gasteiger partial charge in [0.15, 0.2) is 0 Å². The van der Waals surface area contributed by atoms with Gasteiger partial charge in [-0.3, -0.25) is 4.79 Å². The Balaban J connectivity index is 2.23. The molecule has 1 N–H and O–H groups in total. The summed E-state index contributed by atoms with van der Waals surface area (Å²) in [6, 6.07) is 0.225. The Labute approximate surface area is 123 Å². The maximum atomic E-state index is 12.6. The van der Waals surface area contributed by atoms with Crippen LogP contribution in [-0.4, -0.2) is 34.6 Å². The molecular formula is C17H31NO2. The van der Waals surface area contributed by atoms with Crippen molar-refractivity contribution in [2.45, 2.75) is 78.9 Å². The summed E-state index contributed by atoms with van der Waals surface area (Å²) in [6.07, 6.45) is 4.51. The third-order valence-electron chi connectivity index (χ3n) is 5.92. The van der Waals surface area contributed by atoms with Crippen LogP contribution in [0.15, 0.2) is 0 Å². The molecule has 1 aliphatic heterocycles. The van der Waals surface area contributed by atoms with E-state index in [9.17, 15) is 9.90 Å². The second kappa shape index (κ2) is 5.32. The highest BCUT2D eigenvalue weighted by atomic mass is 16.3. The molecule has 3 nitrogen and oxygen atoms in total. The highest BCUT2D eigenvalue weighted by Crippen LogP contribution is 2.45. The van der Waals surface area contributed by atoms with Gasteiger partial charge >= 0.3 is 0 Å². The SMILES string of the molecule is CCC(C)(C)C1CCC(O)CC1N1CCC(C)(C)C1=O. The van der Waals surface area contributed by atoms with E-state index in [1.165, 1.54) is 0 Å². The van der Waals surface area contributed by atoms with Crippen LogP contribution in [0.2, 0.25) is 0 Å². The van der Waals surface area contributed by atoms with Gasteiger partial charge in [-0.15, -0.1) is 0 Å². The van der Waals surface area contributed by atoms with Crippen molar-refractivity contribution in [3.63, 3.8) is 0 Å². The van der Waals surface area contributed by atoms with Gasteiger partial charge in [0.1, 0.15) is 0 Å². The Bertz CT molecular complexity index is 375. The molecule has 2 rings (SSSR count). The van der Waals surface area contributed by atoms with Gasteiger partial charge in [-0.1, -0.05) is 41.0 Å². The first-order chi connectivity index (χ1) is 9.19. The number of hydrogen-bond donors (Lipinski definition) is 1. The first kappa shape index (κ1) is 15.8. The number of carbonyl (C=O) groups is 1. The lowest BCUT2D eigenvalue weighted by Gasteiger charge is -2.47. The molecule has 0 aromatic carbocycles. The molecule has 1 heterocycles. The normalized spacial score (nSPS) is 34.6. The Morgan fingerprint density at radius 2 is 2.00 bits per heavy atom. The molecule has 0 bridgehead atoms. The fraction of sp³-hybridized carbons (Fsp3) is 0.941. The van der Waals surface area contributed by atoms with Gasteiger partial charge in [0.25, 0.3) is 0 Å². The van der Waals surface area contributed by atoms with Gasteiger partial charge in [0, 0.05) is 18.0 Å². The minimum absolute atomic E-state index is 0.219. The molecule has 1 saturated heterocycles. The van der Waals surface area contributed by atoms with Crippen LogP contribution in [0.1, 0.15) is 66.7 Å². The lowest BCUT2D eigenvalue weighted by molar-refractivity contribution is -0.140. The van der Waals surface area contributed by atoms with Crippen LogP contribution in [0.5, 0.6) is 0 Å². The molecule has 0 aromatic heterocycles. The van der Waals surface area contributed by atoms with Crippen LogP contribution in [0.4, 0.5) is 0 Å². The lowest BCUT2D eigenvalue weighted by Crippen LogP contribution is -2.51. The second-order valence-corrected chi connectivity index (χ2v) is 8.12. The van der Waals surface area contributed by atoms with Crippen LogP contribution in [0.3, 0.4) is 0 Å². The molecular weight excluding hydrogens is 250 g/mol. The molecule has 2 aliphatic rings. The molecule has 20 heavy (non-hydrogen) atoms. The van der Waals surface area contributed by atoms with Crippen LogP contribution in [0.25, 0.3) is 0 Å². The van der Waals surface area contributed by atoms with Crippen molar-refractivity contribution in [3.8, 4) is 0 Å². The van der Waals surface area contributed by atoms with E-state index < -0.39 is 0 Å². The highest BCUT2D eigenvalue weighted by molar-refractivity contribution is 5.84. The third-order valence-corrected chi connectivity index (χ3v) is 5.92. The molecule has 1 amide bonds. The average Bonchev–Trinajstić information content (AvgIpc) is 2.64. The van der Waals surface area contributed by atoms with Crippen molar-refractivity contribution in [2.24, 2.45) is 16.7 Å². The Hall–Kier alpha value is -0.570. The van der Waals surface area contributed by atoms with Crippen molar-refractivity contribution in [1.29, 1.82) is 0 Å². The molecule has 0 aromatic rings. The fourth-order valence-electron chi connectivity index (χ4n) is 3.96. The molecule has 0 spiro atoms. The first-order valence-corrected chi connectivity index (χ1v) is 8.18. The van der Waals surface area contributed by atoms with E-state index in [0.29, 0.717) is 5.92 Å². The maximum Gasteiger partial charge on any atom is 0.228 e. The molecule has 3 atom stereocenters. The summed E-state index contributed by atoms with van der Waals surface area (Å²) < 4.78 is 0. The molecule has 0 radical (unpaired) electrons. The van der Waals surface area contributed by atoms with E-state index in [0.717, 1.165) is 38.6 Å². The monoisotopic (exact) mass is 281 g/mol. The van der Waals surface area contributed by atoms with E-state index in [4.69, 9.17) is 0 Å². The number of aliphatic hydroxyl groups excluding tert-OH is 1. The number of carbonyl (C=O) groups excluding carboxylic acids is 1. The molecule has 2 fully saturated rings. The first-order valence-electron chi connectivity index (χ1n) is 8.18. The standard InChI is InChI=1S/C17H31NO2/c1-6-16(2,3)13-8-7-12(19)11-14(13)18-10-9-17(4,5)15(18)20/h12-14,19H,6-11H2,1-5H3. The van der Waals surface area contributed by atoms with E-state index in [1.54, 1.807) is 0 Å². The third kappa shape index (κ3) is 2.74. The maximum absolute atomic E-state index is 12.6. The second-order valence-electron chi connectivity index (χ2n) is 8.12. The van der Waals surface area contributed by atoms with Gasteiger partial charge in [0.2, 0.25) is 5.91 Å². The summed E-state index contributed by atoms with van der Waals surface area (Å²) in [4.78, 5) is 14.7. The van der Waals surface area contributed by atoms with Gasteiger partial charge in [-0.2, -0.15) is 0 Å². The minimum atomic E-state index is -0.236. The summed E-state index contributed by atoms with van der Waals surface area (Å²) >= 11 is 0. The zero-order valence-electron chi connectivity index (χ0n) is 13.8. The largest absolute Gasteiger partial charge is 0.393 e. The Morgan fingerprint density at radius 1 is 1.35 bits per heavy atom.